The Morgan fingerprint density at radius 3 is 2.16 bits per heavy atom. The number of amides is 3. The van der Waals surface area contributed by atoms with Crippen LogP contribution in [0.25, 0.3) is 0 Å². The summed E-state index contributed by atoms with van der Waals surface area (Å²) in [6, 6.07) is 18.4. The fraction of sp³-hybridized carbons (Fsp3) is 0.208. The van der Waals surface area contributed by atoms with Crippen LogP contribution in [0.15, 0.2) is 60.7 Å². The van der Waals surface area contributed by atoms with E-state index in [-0.39, 0.29) is 23.6 Å². The fourth-order valence-electron chi connectivity index (χ4n) is 3.32. The molecule has 3 amide bonds. The van der Waals surface area contributed by atoms with Gasteiger partial charge in [-0.15, -0.1) is 11.3 Å². The molecule has 0 spiro atoms. The van der Waals surface area contributed by atoms with E-state index in [4.69, 9.17) is 11.5 Å². The molecule has 7 nitrogen and oxygen atoms in total. The summed E-state index contributed by atoms with van der Waals surface area (Å²) in [4.78, 5) is 40.4. The van der Waals surface area contributed by atoms with Crippen LogP contribution < -0.4 is 16.8 Å². The van der Waals surface area contributed by atoms with Crippen LogP contribution in [0.4, 0.5) is 5.69 Å². The molecule has 0 bridgehead atoms. The molecular formula is C24H26N4O3S. The van der Waals surface area contributed by atoms with Gasteiger partial charge in [0.1, 0.15) is 0 Å². The Morgan fingerprint density at radius 1 is 0.938 bits per heavy atom. The number of hydrogen-bond donors (Lipinski definition) is 3. The Kier molecular flexibility index (Phi) is 7.75. The molecule has 3 rings (SSSR count). The van der Waals surface area contributed by atoms with Crippen LogP contribution in [0.2, 0.25) is 0 Å². The van der Waals surface area contributed by atoms with Crippen molar-refractivity contribution in [3.05, 3.63) is 87.1 Å². The van der Waals surface area contributed by atoms with Gasteiger partial charge >= 0.3 is 0 Å². The third kappa shape index (κ3) is 6.76. The molecule has 32 heavy (non-hydrogen) atoms. The van der Waals surface area contributed by atoms with Gasteiger partial charge in [-0.3, -0.25) is 19.3 Å². The molecule has 0 aliphatic heterocycles. The third-order valence-corrected chi connectivity index (χ3v) is 5.87. The van der Waals surface area contributed by atoms with Crippen molar-refractivity contribution in [3.8, 4) is 0 Å². The van der Waals surface area contributed by atoms with Crippen molar-refractivity contribution < 1.29 is 14.4 Å². The van der Waals surface area contributed by atoms with Gasteiger partial charge in [-0.2, -0.15) is 0 Å². The Bertz CT molecular complexity index is 1080. The number of nitrogens with one attached hydrogen (secondary N) is 1. The molecule has 0 radical (unpaired) electrons. The number of nitrogens with zero attached hydrogens (tertiary/aromatic N) is 1. The molecule has 0 saturated carbocycles. The minimum absolute atomic E-state index is 0.103. The topological polar surface area (TPSA) is 119 Å². The highest BCUT2D eigenvalue weighted by atomic mass is 32.1. The predicted octanol–water partition coefficient (Wildman–Crippen LogP) is 2.94. The van der Waals surface area contributed by atoms with Gasteiger partial charge in [0.2, 0.25) is 17.7 Å². The summed E-state index contributed by atoms with van der Waals surface area (Å²) in [6.45, 7) is 3.54. The standard InChI is InChI=1S/C24H26N4O3S/c1-16-7-8-21(32-16)14-28(10-9-17-5-3-2-4-6-17)15-22(29)27-20-12-18(23(25)30)11-19(13-20)24(26)31/h2-8,11-13H,9-10,14-15H2,1H3,(H2,25,30)(H2,26,31)(H,27,29). The number of thiophene rings is 1. The average molecular weight is 451 g/mol. The molecule has 8 heteroatoms. The Morgan fingerprint density at radius 2 is 1.59 bits per heavy atom. The number of carbonyl (C=O) groups is 3. The number of anilines is 1. The Balaban J connectivity index is 1.72. The zero-order chi connectivity index (χ0) is 23.1. The normalized spacial score (nSPS) is 10.8. The van der Waals surface area contributed by atoms with Crippen molar-refractivity contribution in [3.63, 3.8) is 0 Å². The first-order valence-corrected chi connectivity index (χ1v) is 11.0. The number of nitrogens with two attached hydrogens (primary N) is 2. The van der Waals surface area contributed by atoms with E-state index in [0.717, 1.165) is 6.42 Å². The molecule has 5 N–H and O–H groups in total. The van der Waals surface area contributed by atoms with Crippen LogP contribution >= 0.6 is 11.3 Å². The summed E-state index contributed by atoms with van der Waals surface area (Å²) >= 11 is 1.70. The van der Waals surface area contributed by atoms with Crippen molar-refractivity contribution in [2.45, 2.75) is 19.9 Å². The van der Waals surface area contributed by atoms with E-state index in [0.29, 0.717) is 18.8 Å². The molecule has 0 fully saturated rings. The molecule has 0 aliphatic rings. The van der Waals surface area contributed by atoms with Gasteiger partial charge in [-0.1, -0.05) is 30.3 Å². The number of primary amides is 2. The van der Waals surface area contributed by atoms with Crippen LogP contribution in [-0.2, 0) is 17.8 Å². The second kappa shape index (κ2) is 10.7. The number of hydrogen-bond acceptors (Lipinski definition) is 5. The minimum atomic E-state index is -0.707. The van der Waals surface area contributed by atoms with Gasteiger partial charge in [-0.05, 0) is 49.2 Å². The predicted molar refractivity (Wildman–Crippen MR) is 127 cm³/mol. The SMILES string of the molecule is Cc1ccc(CN(CCc2ccccc2)CC(=O)Nc2cc(C(N)=O)cc(C(N)=O)c2)s1. The summed E-state index contributed by atoms with van der Waals surface area (Å²) in [7, 11) is 0. The number of rotatable bonds is 10. The van der Waals surface area contributed by atoms with Gasteiger partial charge in [-0.25, -0.2) is 0 Å². The molecule has 0 unspecified atom stereocenters. The van der Waals surface area contributed by atoms with Crippen molar-refractivity contribution >= 4 is 34.7 Å². The summed E-state index contributed by atoms with van der Waals surface area (Å²) in [6.07, 6.45) is 0.807. The van der Waals surface area contributed by atoms with Crippen LogP contribution in [0.5, 0.6) is 0 Å². The zero-order valence-corrected chi connectivity index (χ0v) is 18.7. The molecular weight excluding hydrogens is 424 g/mol. The maximum atomic E-state index is 12.8. The van der Waals surface area contributed by atoms with Crippen LogP contribution in [0.1, 0.15) is 36.0 Å². The highest BCUT2D eigenvalue weighted by molar-refractivity contribution is 7.11. The first-order valence-electron chi connectivity index (χ1n) is 10.2. The van der Waals surface area contributed by atoms with Gasteiger partial charge in [0, 0.05) is 39.7 Å². The summed E-state index contributed by atoms with van der Waals surface area (Å²) in [5.41, 5.74) is 12.4. The lowest BCUT2D eigenvalue weighted by molar-refractivity contribution is -0.117. The number of carbonyl (C=O) groups excluding carboxylic acids is 3. The van der Waals surface area contributed by atoms with Gasteiger partial charge < -0.3 is 16.8 Å². The molecule has 0 atom stereocenters. The van der Waals surface area contributed by atoms with E-state index >= 15 is 0 Å². The quantitative estimate of drug-likeness (QED) is 0.440. The van der Waals surface area contributed by atoms with Crippen molar-refractivity contribution in [1.82, 2.24) is 4.90 Å². The Hall–Kier alpha value is -3.49. The first kappa shape index (κ1) is 23.2. The molecule has 3 aromatic rings. The number of aryl methyl sites for hydroxylation is 1. The molecule has 1 heterocycles. The largest absolute Gasteiger partial charge is 0.366 e. The van der Waals surface area contributed by atoms with Gasteiger partial charge in [0.15, 0.2) is 0 Å². The molecule has 2 aromatic carbocycles. The molecule has 1 aromatic heterocycles. The smallest absolute Gasteiger partial charge is 0.248 e. The Labute approximate surface area is 191 Å². The monoisotopic (exact) mass is 450 g/mol. The second-order valence-corrected chi connectivity index (χ2v) is 8.91. The van der Waals surface area contributed by atoms with Crippen LogP contribution in [0, 0.1) is 6.92 Å². The summed E-state index contributed by atoms with van der Waals surface area (Å²) < 4.78 is 0. The van der Waals surface area contributed by atoms with E-state index in [9.17, 15) is 14.4 Å². The summed E-state index contributed by atoms with van der Waals surface area (Å²) in [5, 5.41) is 2.76. The van der Waals surface area contributed by atoms with E-state index in [1.165, 1.54) is 33.5 Å². The van der Waals surface area contributed by atoms with Crippen molar-refractivity contribution in [1.29, 1.82) is 0 Å². The van der Waals surface area contributed by atoms with Crippen molar-refractivity contribution in [2.24, 2.45) is 11.5 Å². The molecule has 166 valence electrons. The minimum Gasteiger partial charge on any atom is -0.366 e. The summed E-state index contributed by atoms with van der Waals surface area (Å²) in [5.74, 6) is -1.68. The fourth-order valence-corrected chi connectivity index (χ4v) is 4.26. The lowest BCUT2D eigenvalue weighted by Crippen LogP contribution is -2.34. The lowest BCUT2D eigenvalue weighted by Gasteiger charge is -2.21. The third-order valence-electron chi connectivity index (χ3n) is 4.89. The van der Waals surface area contributed by atoms with E-state index in [1.807, 2.05) is 18.2 Å². The van der Waals surface area contributed by atoms with Crippen LogP contribution in [0.3, 0.4) is 0 Å². The lowest BCUT2D eigenvalue weighted by atomic mass is 10.1. The molecule has 0 aliphatic carbocycles. The van der Waals surface area contributed by atoms with Gasteiger partial charge in [0.05, 0.1) is 6.54 Å². The van der Waals surface area contributed by atoms with Gasteiger partial charge in [0.25, 0.3) is 0 Å². The van der Waals surface area contributed by atoms with Crippen LogP contribution in [-0.4, -0.2) is 35.7 Å². The highest BCUT2D eigenvalue weighted by Crippen LogP contribution is 2.18. The van der Waals surface area contributed by atoms with E-state index in [1.54, 1.807) is 11.3 Å². The van der Waals surface area contributed by atoms with E-state index < -0.39 is 11.8 Å². The maximum Gasteiger partial charge on any atom is 0.248 e. The highest BCUT2D eigenvalue weighted by Gasteiger charge is 2.15. The zero-order valence-electron chi connectivity index (χ0n) is 17.8. The molecule has 0 saturated heterocycles. The first-order chi connectivity index (χ1) is 15.3. The van der Waals surface area contributed by atoms with Crippen molar-refractivity contribution in [2.75, 3.05) is 18.4 Å². The number of benzene rings is 2. The average Bonchev–Trinajstić information content (AvgIpc) is 3.16. The second-order valence-electron chi connectivity index (χ2n) is 7.53. The maximum absolute atomic E-state index is 12.8. The van der Waals surface area contributed by atoms with E-state index in [2.05, 4.69) is 41.4 Å².